The first-order chi connectivity index (χ1) is 13.5. The molecule has 0 aromatic carbocycles. The van der Waals surface area contributed by atoms with E-state index in [2.05, 4.69) is 48.7 Å². The number of allylic oxidation sites excluding steroid dienone is 1. The summed E-state index contributed by atoms with van der Waals surface area (Å²) in [4.78, 5) is 8.92. The number of aromatic nitrogens is 4. The van der Waals surface area contributed by atoms with Gasteiger partial charge < -0.3 is 5.32 Å². The third-order valence-corrected chi connectivity index (χ3v) is 4.98. The second-order valence-electron chi connectivity index (χ2n) is 7.34. The van der Waals surface area contributed by atoms with E-state index in [0.29, 0.717) is 5.92 Å². The number of pyridine rings is 1. The van der Waals surface area contributed by atoms with Gasteiger partial charge in [0.2, 0.25) is 0 Å². The van der Waals surface area contributed by atoms with Crippen LogP contribution in [-0.4, -0.2) is 26.1 Å². The van der Waals surface area contributed by atoms with Crippen molar-refractivity contribution in [3.63, 3.8) is 0 Å². The van der Waals surface area contributed by atoms with Crippen molar-refractivity contribution >= 4 is 29.2 Å². The van der Waals surface area contributed by atoms with Gasteiger partial charge in [0.1, 0.15) is 5.82 Å². The molecule has 3 heterocycles. The molecule has 0 radical (unpaired) electrons. The highest BCUT2D eigenvalue weighted by atomic mass is 15.3. The Hall–Kier alpha value is -2.95. The Morgan fingerprint density at radius 2 is 2.11 bits per heavy atom. The summed E-state index contributed by atoms with van der Waals surface area (Å²) >= 11 is 0. The van der Waals surface area contributed by atoms with Crippen LogP contribution in [0.25, 0.3) is 23.4 Å². The molecule has 1 unspecified atom stereocenters. The molecular weight excluding hydrogens is 346 g/mol. The molecule has 1 N–H and O–H groups in total. The fourth-order valence-corrected chi connectivity index (χ4v) is 3.36. The number of nitrogens with zero attached hydrogens (tertiary/aromatic N) is 4. The van der Waals surface area contributed by atoms with Crippen molar-refractivity contribution in [1.29, 1.82) is 0 Å². The van der Waals surface area contributed by atoms with Crippen molar-refractivity contribution < 1.29 is 0 Å². The number of fused-ring (bicyclic) bond motifs is 1. The van der Waals surface area contributed by atoms with E-state index in [-0.39, 0.29) is 0 Å². The maximum Gasteiger partial charge on any atom is 0.154 e. The lowest BCUT2D eigenvalue weighted by molar-refractivity contribution is 0.549. The molecule has 0 aliphatic rings. The largest absolute Gasteiger partial charge is 0.368 e. The summed E-state index contributed by atoms with van der Waals surface area (Å²) in [6, 6.07) is 5.97. The van der Waals surface area contributed by atoms with E-state index in [4.69, 9.17) is 5.10 Å². The van der Waals surface area contributed by atoms with Gasteiger partial charge in [-0.1, -0.05) is 32.9 Å². The van der Waals surface area contributed by atoms with Gasteiger partial charge in [-0.3, -0.25) is 4.98 Å². The lowest BCUT2D eigenvalue weighted by Crippen LogP contribution is -2.13. The molecule has 0 saturated heterocycles. The topological polar surface area (TPSA) is 55.1 Å². The van der Waals surface area contributed by atoms with Crippen molar-refractivity contribution in [1.82, 2.24) is 19.6 Å². The molecule has 3 rings (SSSR count). The molecule has 0 spiro atoms. The van der Waals surface area contributed by atoms with Crippen molar-refractivity contribution in [2.75, 3.05) is 11.9 Å². The quantitative estimate of drug-likeness (QED) is 0.566. The third-order valence-electron chi connectivity index (χ3n) is 4.98. The average molecular weight is 376 g/mol. The first-order valence-electron chi connectivity index (χ1n) is 9.88. The average Bonchev–Trinajstić information content (AvgIpc) is 3.11. The molecule has 0 aliphatic carbocycles. The maximum absolute atomic E-state index is 4.76. The predicted molar refractivity (Wildman–Crippen MR) is 118 cm³/mol. The SMILES string of the molecule is C=Cc1ccnc(C)c1/C=C(\C)c1cnc2ccc(NCC(C)CCC)nn12. The minimum atomic E-state index is 0.622. The van der Waals surface area contributed by atoms with E-state index in [1.165, 1.54) is 12.8 Å². The van der Waals surface area contributed by atoms with Crippen molar-refractivity contribution in [2.24, 2.45) is 5.92 Å². The first-order valence-corrected chi connectivity index (χ1v) is 9.88. The zero-order valence-corrected chi connectivity index (χ0v) is 17.2. The number of nitrogens with one attached hydrogen (secondary N) is 1. The number of aryl methyl sites for hydroxylation is 1. The minimum absolute atomic E-state index is 0.622. The Morgan fingerprint density at radius 3 is 2.86 bits per heavy atom. The fraction of sp³-hybridized carbons (Fsp3) is 0.348. The van der Waals surface area contributed by atoms with Crippen LogP contribution in [0.3, 0.4) is 0 Å². The summed E-state index contributed by atoms with van der Waals surface area (Å²) in [5.74, 6) is 1.49. The van der Waals surface area contributed by atoms with E-state index in [9.17, 15) is 0 Å². The smallest absolute Gasteiger partial charge is 0.154 e. The number of hydrogen-bond acceptors (Lipinski definition) is 4. The Morgan fingerprint density at radius 1 is 1.29 bits per heavy atom. The van der Waals surface area contributed by atoms with Crippen LogP contribution in [-0.2, 0) is 0 Å². The second kappa shape index (κ2) is 8.83. The first kappa shape index (κ1) is 19.8. The molecule has 5 nitrogen and oxygen atoms in total. The minimum Gasteiger partial charge on any atom is -0.368 e. The van der Waals surface area contributed by atoms with Gasteiger partial charge in [-0.25, -0.2) is 9.50 Å². The van der Waals surface area contributed by atoms with Gasteiger partial charge in [0, 0.05) is 24.0 Å². The Kier molecular flexibility index (Phi) is 6.24. The summed E-state index contributed by atoms with van der Waals surface area (Å²) in [5, 5.41) is 8.21. The summed E-state index contributed by atoms with van der Waals surface area (Å²) in [7, 11) is 0. The van der Waals surface area contributed by atoms with Gasteiger partial charge in [-0.05, 0) is 61.6 Å². The summed E-state index contributed by atoms with van der Waals surface area (Å²) < 4.78 is 1.90. The van der Waals surface area contributed by atoms with Crippen LogP contribution < -0.4 is 5.32 Å². The van der Waals surface area contributed by atoms with Crippen LogP contribution in [0.4, 0.5) is 5.82 Å². The standard InChI is InChI=1S/C23H29N5/c1-6-8-16(3)14-25-22-9-10-23-26-15-21(28(23)27-22)17(4)13-20-18(5)24-12-11-19(20)7-2/h7,9-13,15-16H,2,6,8,14H2,1,3-5H3,(H,25,27)/b17-13+. The van der Waals surface area contributed by atoms with Crippen molar-refractivity contribution in [2.45, 2.75) is 40.5 Å². The van der Waals surface area contributed by atoms with Crippen molar-refractivity contribution in [3.8, 4) is 0 Å². The highest BCUT2D eigenvalue weighted by molar-refractivity contribution is 5.83. The third kappa shape index (κ3) is 4.30. The van der Waals surface area contributed by atoms with Crippen LogP contribution in [0, 0.1) is 12.8 Å². The Bertz CT molecular complexity index is 999. The van der Waals surface area contributed by atoms with Crippen LogP contribution in [0.15, 0.2) is 37.2 Å². The monoisotopic (exact) mass is 375 g/mol. The lowest BCUT2D eigenvalue weighted by Gasteiger charge is -2.12. The number of rotatable bonds is 8. The molecule has 146 valence electrons. The molecule has 0 bridgehead atoms. The molecule has 0 saturated carbocycles. The van der Waals surface area contributed by atoms with E-state index in [0.717, 1.165) is 46.1 Å². The van der Waals surface area contributed by atoms with Crippen molar-refractivity contribution in [3.05, 3.63) is 59.7 Å². The zero-order valence-electron chi connectivity index (χ0n) is 17.2. The lowest BCUT2D eigenvalue weighted by atomic mass is 10.0. The maximum atomic E-state index is 4.76. The van der Waals surface area contributed by atoms with Gasteiger partial charge in [-0.15, -0.1) is 5.10 Å². The summed E-state index contributed by atoms with van der Waals surface area (Å²) in [5.41, 5.74) is 6.01. The van der Waals surface area contributed by atoms with Gasteiger partial charge in [0.05, 0.1) is 11.9 Å². The Labute approximate surface area is 167 Å². The molecule has 28 heavy (non-hydrogen) atoms. The van der Waals surface area contributed by atoms with Gasteiger partial charge in [-0.2, -0.15) is 0 Å². The highest BCUT2D eigenvalue weighted by Crippen LogP contribution is 2.23. The Balaban J connectivity index is 1.93. The number of imidazole rings is 1. The zero-order chi connectivity index (χ0) is 20.1. The van der Waals surface area contributed by atoms with Crippen LogP contribution in [0.2, 0.25) is 0 Å². The van der Waals surface area contributed by atoms with Gasteiger partial charge in [0.15, 0.2) is 5.65 Å². The van der Waals surface area contributed by atoms with E-state index < -0.39 is 0 Å². The van der Waals surface area contributed by atoms with Crippen LogP contribution in [0.5, 0.6) is 0 Å². The molecular formula is C23H29N5. The number of anilines is 1. The molecule has 1 atom stereocenters. The highest BCUT2D eigenvalue weighted by Gasteiger charge is 2.10. The van der Waals surface area contributed by atoms with Gasteiger partial charge in [0.25, 0.3) is 0 Å². The molecule has 0 fully saturated rings. The predicted octanol–water partition coefficient (Wildman–Crippen LogP) is 5.48. The molecule has 3 aromatic heterocycles. The summed E-state index contributed by atoms with van der Waals surface area (Å²) in [6.45, 7) is 13.4. The van der Waals surface area contributed by atoms with E-state index in [1.807, 2.05) is 48.1 Å². The second-order valence-corrected chi connectivity index (χ2v) is 7.34. The molecule has 5 heteroatoms. The van der Waals surface area contributed by atoms with Crippen LogP contribution >= 0.6 is 0 Å². The van der Waals surface area contributed by atoms with Crippen LogP contribution in [0.1, 0.15) is 56.1 Å². The van der Waals surface area contributed by atoms with Gasteiger partial charge >= 0.3 is 0 Å². The molecule has 0 aliphatic heterocycles. The fourth-order valence-electron chi connectivity index (χ4n) is 3.36. The number of hydrogen-bond donors (Lipinski definition) is 1. The van der Waals surface area contributed by atoms with E-state index >= 15 is 0 Å². The molecule has 3 aromatic rings. The normalized spacial score (nSPS) is 12.9. The summed E-state index contributed by atoms with van der Waals surface area (Å²) in [6.07, 6.45) is 10.1. The molecule has 0 amide bonds. The van der Waals surface area contributed by atoms with E-state index in [1.54, 1.807) is 0 Å².